The normalized spacial score (nSPS) is 11.8. The van der Waals surface area contributed by atoms with Crippen molar-refractivity contribution >= 4 is 29.3 Å². The van der Waals surface area contributed by atoms with Crippen LogP contribution in [0.1, 0.15) is 25.3 Å². The largest absolute Gasteiger partial charge is 0.491 e. The van der Waals surface area contributed by atoms with Crippen LogP contribution in [-0.2, 0) is 4.79 Å². The van der Waals surface area contributed by atoms with Crippen molar-refractivity contribution in [1.82, 2.24) is 5.32 Å². The molecule has 3 nitrogen and oxygen atoms in total. The van der Waals surface area contributed by atoms with Gasteiger partial charge in [-0.1, -0.05) is 29.8 Å². The van der Waals surface area contributed by atoms with Gasteiger partial charge in [0.25, 0.3) is 0 Å². The number of halogens is 1. The Hall–Kier alpha value is -1.65. The first-order valence-corrected chi connectivity index (χ1v) is 9.77. The average molecular weight is 378 g/mol. The van der Waals surface area contributed by atoms with Crippen LogP contribution in [0.25, 0.3) is 0 Å². The Kier molecular flexibility index (Phi) is 8.16. The number of carbonyl (C=O) groups is 1. The van der Waals surface area contributed by atoms with Gasteiger partial charge in [0.1, 0.15) is 12.4 Å². The molecule has 0 aromatic heterocycles. The molecule has 1 atom stereocenters. The molecule has 25 heavy (non-hydrogen) atoms. The number of benzene rings is 2. The standard InChI is InChI=1S/C20H24ClNO2S/c1-15-6-3-4-7-19(15)24-14-16(2)22-20(23)8-5-13-25-18-11-9-17(21)10-12-18/h3-4,6-7,9-12,16H,5,8,13-14H2,1-2H3,(H,22,23). The van der Waals surface area contributed by atoms with Crippen LogP contribution in [0.2, 0.25) is 5.02 Å². The molecule has 0 bridgehead atoms. The SMILES string of the molecule is Cc1ccccc1OCC(C)NC(=O)CCCSc1ccc(Cl)cc1. The van der Waals surface area contributed by atoms with E-state index in [0.29, 0.717) is 13.0 Å². The highest BCUT2D eigenvalue weighted by Crippen LogP contribution is 2.21. The van der Waals surface area contributed by atoms with E-state index in [1.165, 1.54) is 4.90 Å². The second-order valence-electron chi connectivity index (χ2n) is 5.95. The van der Waals surface area contributed by atoms with Crippen molar-refractivity contribution in [2.24, 2.45) is 0 Å². The number of carbonyl (C=O) groups excluding carboxylic acids is 1. The van der Waals surface area contributed by atoms with Crippen LogP contribution in [-0.4, -0.2) is 24.3 Å². The maximum Gasteiger partial charge on any atom is 0.220 e. The summed E-state index contributed by atoms with van der Waals surface area (Å²) in [6.45, 7) is 4.44. The van der Waals surface area contributed by atoms with Gasteiger partial charge in [-0.25, -0.2) is 0 Å². The van der Waals surface area contributed by atoms with Gasteiger partial charge in [0, 0.05) is 16.3 Å². The maximum atomic E-state index is 12.0. The van der Waals surface area contributed by atoms with E-state index in [1.807, 2.05) is 62.4 Å². The van der Waals surface area contributed by atoms with E-state index in [1.54, 1.807) is 11.8 Å². The lowest BCUT2D eigenvalue weighted by molar-refractivity contribution is -0.121. The first-order valence-electron chi connectivity index (χ1n) is 8.41. The first kappa shape index (κ1) is 19.7. The van der Waals surface area contributed by atoms with E-state index in [4.69, 9.17) is 16.3 Å². The van der Waals surface area contributed by atoms with Crippen LogP contribution in [0.5, 0.6) is 5.75 Å². The molecule has 2 aromatic rings. The van der Waals surface area contributed by atoms with E-state index in [0.717, 1.165) is 28.5 Å². The molecule has 1 amide bonds. The van der Waals surface area contributed by atoms with Crippen LogP contribution < -0.4 is 10.1 Å². The van der Waals surface area contributed by atoms with Gasteiger partial charge in [0.15, 0.2) is 0 Å². The fourth-order valence-corrected chi connectivity index (χ4v) is 3.25. The molecule has 0 radical (unpaired) electrons. The van der Waals surface area contributed by atoms with Crippen molar-refractivity contribution < 1.29 is 9.53 Å². The maximum absolute atomic E-state index is 12.0. The lowest BCUT2D eigenvalue weighted by atomic mass is 10.2. The van der Waals surface area contributed by atoms with Gasteiger partial charge in [0.2, 0.25) is 5.91 Å². The number of aryl methyl sites for hydroxylation is 1. The number of hydrogen-bond acceptors (Lipinski definition) is 3. The minimum Gasteiger partial charge on any atom is -0.491 e. The van der Waals surface area contributed by atoms with Gasteiger partial charge >= 0.3 is 0 Å². The Labute approximate surface area is 159 Å². The minimum atomic E-state index is -0.0176. The molecule has 0 spiro atoms. The number of thioether (sulfide) groups is 1. The van der Waals surface area contributed by atoms with Crippen molar-refractivity contribution in [3.63, 3.8) is 0 Å². The van der Waals surface area contributed by atoms with Gasteiger partial charge in [-0.15, -0.1) is 11.8 Å². The van der Waals surface area contributed by atoms with Gasteiger partial charge in [0.05, 0.1) is 6.04 Å². The second-order valence-corrected chi connectivity index (χ2v) is 7.56. The Balaban J connectivity index is 1.61. The third-order valence-electron chi connectivity index (χ3n) is 3.62. The summed E-state index contributed by atoms with van der Waals surface area (Å²) in [5.74, 6) is 1.84. The van der Waals surface area contributed by atoms with Crippen LogP contribution in [0.15, 0.2) is 53.4 Å². The van der Waals surface area contributed by atoms with Gasteiger partial charge in [-0.2, -0.15) is 0 Å². The molecule has 0 aliphatic rings. The summed E-state index contributed by atoms with van der Waals surface area (Å²) < 4.78 is 5.76. The molecule has 134 valence electrons. The number of amides is 1. The third-order valence-corrected chi connectivity index (χ3v) is 4.97. The molecular formula is C20H24ClNO2S. The van der Waals surface area contributed by atoms with Crippen molar-refractivity contribution in [1.29, 1.82) is 0 Å². The zero-order valence-corrected chi connectivity index (χ0v) is 16.2. The number of hydrogen-bond donors (Lipinski definition) is 1. The van der Waals surface area contributed by atoms with Crippen LogP contribution in [0, 0.1) is 6.92 Å². The Morgan fingerprint density at radius 3 is 2.64 bits per heavy atom. The summed E-state index contributed by atoms with van der Waals surface area (Å²) in [5.41, 5.74) is 1.10. The average Bonchev–Trinajstić information content (AvgIpc) is 2.59. The van der Waals surface area contributed by atoms with Crippen LogP contribution in [0.3, 0.4) is 0 Å². The van der Waals surface area contributed by atoms with Crippen molar-refractivity contribution in [2.45, 2.75) is 37.6 Å². The fraction of sp³-hybridized carbons (Fsp3) is 0.350. The molecule has 2 aromatic carbocycles. The summed E-state index contributed by atoms with van der Waals surface area (Å²) in [7, 11) is 0. The Morgan fingerprint density at radius 2 is 1.92 bits per heavy atom. The zero-order chi connectivity index (χ0) is 18.1. The molecule has 0 saturated heterocycles. The molecule has 0 aliphatic heterocycles. The first-order chi connectivity index (χ1) is 12.0. The molecular weight excluding hydrogens is 354 g/mol. The Bertz CT molecular complexity index is 676. The van der Waals surface area contributed by atoms with Gasteiger partial charge in [-0.05, 0) is 61.9 Å². The predicted octanol–water partition coefficient (Wildman–Crippen LogP) is 5.10. The highest BCUT2D eigenvalue weighted by molar-refractivity contribution is 7.99. The summed E-state index contributed by atoms with van der Waals surface area (Å²) in [4.78, 5) is 13.2. The molecule has 0 aliphatic carbocycles. The van der Waals surface area contributed by atoms with E-state index < -0.39 is 0 Å². The van der Waals surface area contributed by atoms with Crippen LogP contribution >= 0.6 is 23.4 Å². The molecule has 0 heterocycles. The minimum absolute atomic E-state index is 0.0176. The van der Waals surface area contributed by atoms with E-state index in [-0.39, 0.29) is 11.9 Å². The second kappa shape index (κ2) is 10.4. The molecule has 1 N–H and O–H groups in total. The molecule has 5 heteroatoms. The van der Waals surface area contributed by atoms with E-state index in [2.05, 4.69) is 5.32 Å². The number of nitrogens with one attached hydrogen (secondary N) is 1. The summed E-state index contributed by atoms with van der Waals surface area (Å²) in [5, 5.41) is 3.73. The highest BCUT2D eigenvalue weighted by Gasteiger charge is 2.09. The summed E-state index contributed by atoms with van der Waals surface area (Å²) in [6.07, 6.45) is 1.36. The zero-order valence-electron chi connectivity index (χ0n) is 14.6. The monoisotopic (exact) mass is 377 g/mol. The van der Waals surface area contributed by atoms with Crippen LogP contribution in [0.4, 0.5) is 0 Å². The van der Waals surface area contributed by atoms with Gasteiger partial charge in [-0.3, -0.25) is 4.79 Å². The topological polar surface area (TPSA) is 38.3 Å². The highest BCUT2D eigenvalue weighted by atomic mass is 35.5. The molecule has 2 rings (SSSR count). The fourth-order valence-electron chi connectivity index (χ4n) is 2.28. The van der Waals surface area contributed by atoms with E-state index >= 15 is 0 Å². The molecule has 1 unspecified atom stereocenters. The van der Waals surface area contributed by atoms with Crippen molar-refractivity contribution in [3.8, 4) is 5.75 Å². The summed E-state index contributed by atoms with van der Waals surface area (Å²) in [6, 6.07) is 15.6. The smallest absolute Gasteiger partial charge is 0.220 e. The number of rotatable bonds is 9. The third kappa shape index (κ3) is 7.41. The van der Waals surface area contributed by atoms with E-state index in [9.17, 15) is 4.79 Å². The number of ether oxygens (including phenoxy) is 1. The van der Waals surface area contributed by atoms with Crippen molar-refractivity contribution in [2.75, 3.05) is 12.4 Å². The van der Waals surface area contributed by atoms with Crippen molar-refractivity contribution in [3.05, 3.63) is 59.1 Å². The summed E-state index contributed by atoms with van der Waals surface area (Å²) >= 11 is 7.60. The number of para-hydroxylation sites is 1. The molecule has 0 saturated carbocycles. The predicted molar refractivity (Wildman–Crippen MR) is 106 cm³/mol. The quantitative estimate of drug-likeness (QED) is 0.487. The Morgan fingerprint density at radius 1 is 1.20 bits per heavy atom. The lowest BCUT2D eigenvalue weighted by Gasteiger charge is -2.16. The molecule has 0 fully saturated rings. The lowest BCUT2D eigenvalue weighted by Crippen LogP contribution is -2.36. The van der Waals surface area contributed by atoms with Gasteiger partial charge < -0.3 is 10.1 Å².